The van der Waals surface area contributed by atoms with Gasteiger partial charge < -0.3 is 15.5 Å². The lowest BCUT2D eigenvalue weighted by atomic mass is 10.0. The van der Waals surface area contributed by atoms with Crippen LogP contribution in [-0.2, 0) is 4.79 Å². The molecule has 1 amide bonds. The Kier molecular flexibility index (Phi) is 5.81. The number of aromatic hydroxyl groups is 1. The lowest BCUT2D eigenvalue weighted by Crippen LogP contribution is -2.30. The molecule has 0 bridgehead atoms. The molecule has 1 aromatic heterocycles. The lowest BCUT2D eigenvalue weighted by molar-refractivity contribution is -0.137. The van der Waals surface area contributed by atoms with Crippen LogP contribution >= 0.6 is 11.6 Å². The van der Waals surface area contributed by atoms with Gasteiger partial charge in [-0.1, -0.05) is 29.8 Å². The van der Waals surface area contributed by atoms with E-state index in [0.717, 1.165) is 4.68 Å². The fourth-order valence-corrected chi connectivity index (χ4v) is 2.95. The fraction of sp³-hybridized carbons (Fsp3) is 0.100. The average Bonchev–Trinajstić information content (AvgIpc) is 3.09. The summed E-state index contributed by atoms with van der Waals surface area (Å²) >= 11 is 5.95. The van der Waals surface area contributed by atoms with Gasteiger partial charge in [0.05, 0.1) is 29.8 Å². The minimum absolute atomic E-state index is 0.102. The van der Waals surface area contributed by atoms with Crippen molar-refractivity contribution in [1.82, 2.24) is 15.1 Å². The SMILES string of the molecule is N#Cc1cccc([C@H](CC(=O)O)NC(=O)c2cc(O)n(-c3cccc(Cl)c3)n2)c1. The van der Waals surface area contributed by atoms with Crippen LogP contribution in [0.4, 0.5) is 0 Å². The molecule has 0 spiro atoms. The number of halogens is 1. The van der Waals surface area contributed by atoms with Crippen LogP contribution in [0.5, 0.6) is 5.88 Å². The average molecular weight is 411 g/mol. The predicted molar refractivity (Wildman–Crippen MR) is 104 cm³/mol. The highest BCUT2D eigenvalue weighted by atomic mass is 35.5. The molecule has 3 aromatic rings. The highest BCUT2D eigenvalue weighted by molar-refractivity contribution is 6.30. The zero-order chi connectivity index (χ0) is 21.0. The van der Waals surface area contributed by atoms with Crippen molar-refractivity contribution >= 4 is 23.5 Å². The first-order chi connectivity index (χ1) is 13.9. The summed E-state index contributed by atoms with van der Waals surface area (Å²) in [6, 6.07) is 15.1. The van der Waals surface area contributed by atoms with E-state index in [0.29, 0.717) is 21.8 Å². The third kappa shape index (κ3) is 4.72. The number of aromatic nitrogens is 2. The smallest absolute Gasteiger partial charge is 0.305 e. The molecule has 1 atom stereocenters. The van der Waals surface area contributed by atoms with Crippen LogP contribution in [0.1, 0.15) is 34.1 Å². The Bertz CT molecular complexity index is 1120. The van der Waals surface area contributed by atoms with Gasteiger partial charge in [0.25, 0.3) is 5.91 Å². The van der Waals surface area contributed by atoms with Gasteiger partial charge in [-0.05, 0) is 35.9 Å². The zero-order valence-corrected chi connectivity index (χ0v) is 15.7. The fourth-order valence-electron chi connectivity index (χ4n) is 2.76. The third-order valence-corrected chi connectivity index (χ3v) is 4.31. The van der Waals surface area contributed by atoms with E-state index in [1.807, 2.05) is 6.07 Å². The van der Waals surface area contributed by atoms with Crippen molar-refractivity contribution in [3.05, 3.63) is 76.4 Å². The monoisotopic (exact) mass is 410 g/mol. The number of carboxylic acid groups (broad SMARTS) is 1. The van der Waals surface area contributed by atoms with Crippen molar-refractivity contribution in [1.29, 1.82) is 5.26 Å². The molecule has 0 saturated carbocycles. The first kappa shape index (κ1) is 19.9. The lowest BCUT2D eigenvalue weighted by Gasteiger charge is -2.17. The Morgan fingerprint density at radius 3 is 2.66 bits per heavy atom. The summed E-state index contributed by atoms with van der Waals surface area (Å²) in [4.78, 5) is 23.9. The van der Waals surface area contributed by atoms with E-state index < -0.39 is 17.9 Å². The van der Waals surface area contributed by atoms with Crippen molar-refractivity contribution in [3.8, 4) is 17.6 Å². The molecule has 0 aliphatic heterocycles. The Morgan fingerprint density at radius 1 is 1.21 bits per heavy atom. The maximum Gasteiger partial charge on any atom is 0.305 e. The largest absolute Gasteiger partial charge is 0.493 e. The van der Waals surface area contributed by atoms with E-state index in [4.69, 9.17) is 16.9 Å². The van der Waals surface area contributed by atoms with Crippen molar-refractivity contribution in [2.75, 3.05) is 0 Å². The highest BCUT2D eigenvalue weighted by Crippen LogP contribution is 2.22. The van der Waals surface area contributed by atoms with Crippen molar-refractivity contribution in [3.63, 3.8) is 0 Å². The molecular weight excluding hydrogens is 396 g/mol. The topological polar surface area (TPSA) is 128 Å². The minimum Gasteiger partial charge on any atom is -0.493 e. The summed E-state index contributed by atoms with van der Waals surface area (Å²) in [6.07, 6.45) is -0.387. The van der Waals surface area contributed by atoms with Crippen LogP contribution in [0, 0.1) is 11.3 Å². The van der Waals surface area contributed by atoms with Crippen LogP contribution < -0.4 is 5.32 Å². The predicted octanol–water partition coefficient (Wildman–Crippen LogP) is 3.05. The molecule has 0 unspecified atom stereocenters. The summed E-state index contributed by atoms with van der Waals surface area (Å²) < 4.78 is 1.14. The van der Waals surface area contributed by atoms with E-state index in [2.05, 4.69) is 10.4 Å². The van der Waals surface area contributed by atoms with Crippen LogP contribution in [0.15, 0.2) is 54.6 Å². The molecule has 3 rings (SSSR count). The van der Waals surface area contributed by atoms with Crippen LogP contribution in [0.2, 0.25) is 5.02 Å². The molecule has 0 aliphatic carbocycles. The number of rotatable bonds is 6. The summed E-state index contributed by atoms with van der Waals surface area (Å²) in [5.74, 6) is -2.07. The second-order valence-corrected chi connectivity index (χ2v) is 6.58. The zero-order valence-electron chi connectivity index (χ0n) is 14.9. The van der Waals surface area contributed by atoms with E-state index in [1.54, 1.807) is 42.5 Å². The third-order valence-electron chi connectivity index (χ3n) is 4.08. The Hall–Kier alpha value is -3.83. The first-order valence-electron chi connectivity index (χ1n) is 8.45. The minimum atomic E-state index is -1.12. The van der Waals surface area contributed by atoms with Gasteiger partial charge in [0.2, 0.25) is 5.88 Å². The number of nitrogens with one attached hydrogen (secondary N) is 1. The van der Waals surface area contributed by atoms with Gasteiger partial charge in [-0.2, -0.15) is 10.4 Å². The molecule has 0 saturated heterocycles. The maximum atomic E-state index is 12.6. The molecule has 3 N–H and O–H groups in total. The first-order valence-corrected chi connectivity index (χ1v) is 8.83. The number of nitrogens with zero attached hydrogens (tertiary/aromatic N) is 3. The number of hydrogen-bond donors (Lipinski definition) is 3. The molecule has 8 nitrogen and oxygen atoms in total. The molecule has 146 valence electrons. The number of carbonyl (C=O) groups excluding carboxylic acids is 1. The van der Waals surface area contributed by atoms with Crippen LogP contribution in [0.3, 0.4) is 0 Å². The molecule has 9 heteroatoms. The number of carbonyl (C=O) groups is 2. The quantitative estimate of drug-likeness (QED) is 0.573. The Morgan fingerprint density at radius 2 is 1.97 bits per heavy atom. The summed E-state index contributed by atoms with van der Waals surface area (Å²) in [5, 5.41) is 35.5. The Labute approximate surface area is 170 Å². The standard InChI is InChI=1S/C20H15ClN4O4/c21-14-5-2-6-15(8-14)25-18(26)9-17(24-25)20(29)23-16(10-19(27)28)13-4-1-3-12(7-13)11-22/h1-9,16,26H,10H2,(H,23,29)(H,27,28)/t16-/m0/s1. The Balaban J connectivity index is 1.87. The van der Waals surface area contributed by atoms with Gasteiger partial charge in [0, 0.05) is 11.1 Å². The number of nitriles is 1. The van der Waals surface area contributed by atoms with Crippen molar-refractivity contribution < 1.29 is 19.8 Å². The molecule has 0 aliphatic rings. The summed E-state index contributed by atoms with van der Waals surface area (Å²) in [5.41, 5.74) is 1.17. The van der Waals surface area contributed by atoms with E-state index >= 15 is 0 Å². The van der Waals surface area contributed by atoms with Gasteiger partial charge in [-0.3, -0.25) is 9.59 Å². The van der Waals surface area contributed by atoms with E-state index in [-0.39, 0.29) is 18.0 Å². The highest BCUT2D eigenvalue weighted by Gasteiger charge is 2.22. The summed E-state index contributed by atoms with van der Waals surface area (Å²) in [6.45, 7) is 0. The number of aliphatic carboxylic acids is 1. The van der Waals surface area contributed by atoms with E-state index in [9.17, 15) is 19.8 Å². The number of benzene rings is 2. The van der Waals surface area contributed by atoms with Gasteiger partial charge in [-0.15, -0.1) is 0 Å². The number of amides is 1. The summed E-state index contributed by atoms with van der Waals surface area (Å²) in [7, 11) is 0. The van der Waals surface area contributed by atoms with E-state index in [1.165, 1.54) is 12.1 Å². The van der Waals surface area contributed by atoms with Gasteiger partial charge in [-0.25, -0.2) is 4.68 Å². The molecule has 1 heterocycles. The van der Waals surface area contributed by atoms with Gasteiger partial charge in [0.15, 0.2) is 5.69 Å². The van der Waals surface area contributed by atoms with Crippen molar-refractivity contribution in [2.45, 2.75) is 12.5 Å². The van der Waals surface area contributed by atoms with Gasteiger partial charge >= 0.3 is 5.97 Å². The van der Waals surface area contributed by atoms with Crippen LogP contribution in [0.25, 0.3) is 5.69 Å². The second kappa shape index (κ2) is 8.46. The number of carboxylic acids is 1. The normalized spacial score (nSPS) is 11.4. The molecule has 0 fully saturated rings. The molecule has 2 aromatic carbocycles. The second-order valence-electron chi connectivity index (χ2n) is 6.14. The van der Waals surface area contributed by atoms with Crippen molar-refractivity contribution in [2.24, 2.45) is 0 Å². The maximum absolute atomic E-state index is 12.6. The molecule has 29 heavy (non-hydrogen) atoms. The van der Waals surface area contributed by atoms with Crippen LogP contribution in [-0.4, -0.2) is 31.9 Å². The molecular formula is C20H15ClN4O4. The molecule has 0 radical (unpaired) electrons. The van der Waals surface area contributed by atoms with Gasteiger partial charge in [0.1, 0.15) is 0 Å². The number of hydrogen-bond acceptors (Lipinski definition) is 5.